The maximum atomic E-state index is 5.51. The highest BCUT2D eigenvalue weighted by atomic mass is 15.6. The molecule has 0 fully saturated rings. The molecule has 6 aromatic rings. The second-order valence-electron chi connectivity index (χ2n) is 14.1. The highest BCUT2D eigenvalue weighted by Gasteiger charge is 2.69. The molecule has 0 N–H and O–H groups in total. The summed E-state index contributed by atoms with van der Waals surface area (Å²) in [6.45, 7) is 9.50. The van der Waals surface area contributed by atoms with E-state index >= 15 is 0 Å². The maximum Gasteiger partial charge on any atom is 0.178 e. The fraction of sp³-hybridized carbons (Fsp3) is 0.159. The monoisotopic (exact) mass is 663 g/mol. The second kappa shape index (κ2) is 10.9. The van der Waals surface area contributed by atoms with Crippen LogP contribution in [0.2, 0.25) is 0 Å². The van der Waals surface area contributed by atoms with Gasteiger partial charge in [0.1, 0.15) is 12.3 Å². The number of hydrogen-bond donors (Lipinski definition) is 0. The van der Waals surface area contributed by atoms with Gasteiger partial charge in [0, 0.05) is 51.8 Å². The van der Waals surface area contributed by atoms with Crippen molar-refractivity contribution < 1.29 is 0 Å². The lowest BCUT2D eigenvalue weighted by Crippen LogP contribution is -2.66. The first-order chi connectivity index (χ1) is 25.1. The number of allylic oxidation sites excluding steroid dienone is 1. The van der Waals surface area contributed by atoms with Gasteiger partial charge in [-0.3, -0.25) is 0 Å². The number of fused-ring (bicyclic) bond motifs is 8. The van der Waals surface area contributed by atoms with Crippen LogP contribution in [0.15, 0.2) is 170 Å². The number of anilines is 6. The molecule has 51 heavy (non-hydrogen) atoms. The Morgan fingerprint density at radius 2 is 1.16 bits per heavy atom. The standard InChI is InChI=1S/C44H37N7/c1-4-43(2)34-25-15-17-27-36(34)50-40-39(45-28-29-46-40)49(32-22-12-7-13-23-32)42(50)44(43,3)37-33-24-14-16-26-35(33)51-41(37)48(31-20-10-6-11-21-31)38(47-51)30-18-8-5-9-19-30/h4-29,37,41-42H,1H2,2-3H3. The SMILES string of the molecule is C=CC1(C)c2ccccc2N2c3nccnc3N(c3ccccc3)C2C1(C)C1c2ccccc2N2N=C(c3ccccc3)N(c3ccccc3)C12. The molecule has 1 aromatic heterocycles. The molecule has 0 saturated heterocycles. The molecule has 10 rings (SSSR count). The summed E-state index contributed by atoms with van der Waals surface area (Å²) in [5.41, 5.74) is 6.88. The van der Waals surface area contributed by atoms with E-state index in [4.69, 9.17) is 15.1 Å². The number of hydrazone groups is 1. The van der Waals surface area contributed by atoms with Crippen LogP contribution in [0.1, 0.15) is 36.5 Å². The molecule has 0 spiro atoms. The van der Waals surface area contributed by atoms with Crippen molar-refractivity contribution in [1.82, 2.24) is 9.97 Å². The van der Waals surface area contributed by atoms with E-state index in [9.17, 15) is 0 Å². The highest BCUT2D eigenvalue weighted by Crippen LogP contribution is 2.69. The van der Waals surface area contributed by atoms with E-state index in [-0.39, 0.29) is 18.2 Å². The van der Waals surface area contributed by atoms with Gasteiger partial charge in [-0.25, -0.2) is 15.0 Å². The third-order valence-electron chi connectivity index (χ3n) is 11.9. The van der Waals surface area contributed by atoms with E-state index in [1.165, 1.54) is 11.1 Å². The molecule has 5 heterocycles. The van der Waals surface area contributed by atoms with Gasteiger partial charge in [-0.15, -0.1) is 6.58 Å². The molecular formula is C44H37N7. The Balaban J connectivity index is 1.29. The molecule has 5 atom stereocenters. The van der Waals surface area contributed by atoms with E-state index in [1.807, 2.05) is 12.4 Å². The Kier molecular flexibility index (Phi) is 6.34. The Morgan fingerprint density at radius 3 is 1.82 bits per heavy atom. The van der Waals surface area contributed by atoms with Gasteiger partial charge in [-0.2, -0.15) is 5.10 Å². The minimum Gasteiger partial charge on any atom is -0.301 e. The average Bonchev–Trinajstić information content (AvgIpc) is 3.86. The van der Waals surface area contributed by atoms with E-state index in [2.05, 4.69) is 186 Å². The first-order valence-electron chi connectivity index (χ1n) is 17.6. The highest BCUT2D eigenvalue weighted by molar-refractivity contribution is 6.13. The van der Waals surface area contributed by atoms with Crippen molar-refractivity contribution >= 4 is 40.2 Å². The lowest BCUT2D eigenvalue weighted by molar-refractivity contribution is 0.0953. The third kappa shape index (κ3) is 3.86. The van der Waals surface area contributed by atoms with Gasteiger partial charge < -0.3 is 14.7 Å². The van der Waals surface area contributed by atoms with Crippen molar-refractivity contribution in [1.29, 1.82) is 0 Å². The fourth-order valence-corrected chi connectivity index (χ4v) is 9.47. The van der Waals surface area contributed by atoms with Gasteiger partial charge in [-0.1, -0.05) is 123 Å². The summed E-state index contributed by atoms with van der Waals surface area (Å²) in [6.07, 6.45) is 5.41. The zero-order valence-electron chi connectivity index (χ0n) is 28.6. The molecule has 0 saturated carbocycles. The van der Waals surface area contributed by atoms with Gasteiger partial charge >= 0.3 is 0 Å². The Hall–Kier alpha value is -6.21. The molecule has 0 amide bonds. The lowest BCUT2D eigenvalue weighted by atomic mass is 9.51. The van der Waals surface area contributed by atoms with Crippen LogP contribution in [0, 0.1) is 5.41 Å². The fourth-order valence-electron chi connectivity index (χ4n) is 9.47. The minimum absolute atomic E-state index is 0.0803. The number of aromatic nitrogens is 2. The molecule has 7 nitrogen and oxygen atoms in total. The van der Waals surface area contributed by atoms with Crippen molar-refractivity contribution in [2.45, 2.75) is 37.5 Å². The molecule has 0 radical (unpaired) electrons. The number of rotatable bonds is 5. The van der Waals surface area contributed by atoms with E-state index < -0.39 is 10.8 Å². The van der Waals surface area contributed by atoms with Gasteiger partial charge in [-0.05, 0) is 47.5 Å². The predicted octanol–water partition coefficient (Wildman–Crippen LogP) is 9.37. The van der Waals surface area contributed by atoms with E-state index in [0.717, 1.165) is 45.8 Å². The average molecular weight is 664 g/mol. The summed E-state index contributed by atoms with van der Waals surface area (Å²) in [5.74, 6) is 2.55. The third-order valence-corrected chi connectivity index (χ3v) is 11.9. The number of amidine groups is 1. The molecular weight excluding hydrogens is 627 g/mol. The van der Waals surface area contributed by atoms with Gasteiger partial charge in [0.25, 0.3) is 0 Å². The van der Waals surface area contributed by atoms with Crippen molar-refractivity contribution in [2.75, 3.05) is 19.7 Å². The normalized spacial score (nSPS) is 25.5. The molecule has 5 aromatic carbocycles. The maximum absolute atomic E-state index is 5.51. The van der Waals surface area contributed by atoms with Crippen LogP contribution in [-0.4, -0.2) is 28.1 Å². The van der Waals surface area contributed by atoms with Crippen LogP contribution >= 0.6 is 0 Å². The summed E-state index contributed by atoms with van der Waals surface area (Å²) in [4.78, 5) is 17.5. The van der Waals surface area contributed by atoms with Crippen molar-refractivity contribution in [2.24, 2.45) is 10.5 Å². The van der Waals surface area contributed by atoms with Crippen LogP contribution in [0.3, 0.4) is 0 Å². The number of hydrogen-bond acceptors (Lipinski definition) is 7. The zero-order chi connectivity index (χ0) is 34.3. The summed E-state index contributed by atoms with van der Waals surface area (Å²) < 4.78 is 0. The van der Waals surface area contributed by atoms with E-state index in [1.54, 1.807) is 0 Å². The molecule has 5 unspecified atom stereocenters. The van der Waals surface area contributed by atoms with Crippen molar-refractivity contribution in [3.8, 4) is 0 Å². The summed E-state index contributed by atoms with van der Waals surface area (Å²) in [7, 11) is 0. The number of nitrogens with zero attached hydrogens (tertiary/aromatic N) is 7. The quantitative estimate of drug-likeness (QED) is 0.171. The van der Waals surface area contributed by atoms with Crippen LogP contribution in [0.5, 0.6) is 0 Å². The second-order valence-corrected chi connectivity index (χ2v) is 14.1. The molecule has 4 aliphatic rings. The molecule has 248 valence electrons. The molecule has 7 heteroatoms. The smallest absolute Gasteiger partial charge is 0.178 e. The largest absolute Gasteiger partial charge is 0.301 e. The van der Waals surface area contributed by atoms with Crippen molar-refractivity contribution in [3.05, 3.63) is 181 Å². The van der Waals surface area contributed by atoms with Crippen molar-refractivity contribution in [3.63, 3.8) is 0 Å². The number of benzene rings is 5. The van der Waals surface area contributed by atoms with Crippen LogP contribution in [0.4, 0.5) is 34.4 Å². The Morgan fingerprint density at radius 1 is 0.608 bits per heavy atom. The number of para-hydroxylation sites is 4. The van der Waals surface area contributed by atoms with E-state index in [0.29, 0.717) is 0 Å². The minimum atomic E-state index is -0.564. The molecule has 0 bridgehead atoms. The molecule has 0 aliphatic carbocycles. The van der Waals surface area contributed by atoms with Crippen LogP contribution in [-0.2, 0) is 5.41 Å². The first kappa shape index (κ1) is 29.7. The predicted molar refractivity (Wildman–Crippen MR) is 206 cm³/mol. The molecule has 4 aliphatic heterocycles. The van der Waals surface area contributed by atoms with Crippen LogP contribution < -0.4 is 19.7 Å². The van der Waals surface area contributed by atoms with Gasteiger partial charge in [0.2, 0.25) is 0 Å². The Bertz CT molecular complexity index is 2330. The van der Waals surface area contributed by atoms with Gasteiger partial charge in [0.15, 0.2) is 17.5 Å². The lowest BCUT2D eigenvalue weighted by Gasteiger charge is -2.61. The Labute approximate surface area is 298 Å². The summed E-state index contributed by atoms with van der Waals surface area (Å²) in [6, 6.07) is 49.6. The topological polar surface area (TPSA) is 51.1 Å². The summed E-state index contributed by atoms with van der Waals surface area (Å²) in [5, 5.41) is 7.79. The van der Waals surface area contributed by atoms with Crippen LogP contribution in [0.25, 0.3) is 0 Å². The summed E-state index contributed by atoms with van der Waals surface area (Å²) >= 11 is 0. The van der Waals surface area contributed by atoms with Gasteiger partial charge in [0.05, 0.1) is 5.69 Å². The first-order valence-corrected chi connectivity index (χ1v) is 17.6. The zero-order valence-corrected chi connectivity index (χ0v) is 28.6.